The number of thiocarbonyl (C=S) groups is 1. The lowest BCUT2D eigenvalue weighted by Crippen LogP contribution is -2.17. The predicted octanol–water partition coefficient (Wildman–Crippen LogP) is 7.08. The monoisotopic (exact) mass is 457 g/mol. The third kappa shape index (κ3) is 21.0. The largest absolute Gasteiger partial charge is 0.371 e. The Morgan fingerprint density at radius 2 is 0.955 bits per heavy atom. The SMILES string of the molecule is S=C(S)NCCCCCCCCCCCCCCCCCI. The summed E-state index contributed by atoms with van der Waals surface area (Å²) in [4.78, 5) is 0. The van der Waals surface area contributed by atoms with Gasteiger partial charge in [-0.25, -0.2) is 0 Å². The highest BCUT2D eigenvalue weighted by Gasteiger charge is 1.94. The zero-order valence-electron chi connectivity index (χ0n) is 14.3. The topological polar surface area (TPSA) is 12.0 Å². The quantitative estimate of drug-likeness (QED) is 0.0796. The molecule has 0 aromatic rings. The van der Waals surface area contributed by atoms with Crippen molar-refractivity contribution in [2.45, 2.75) is 96.3 Å². The van der Waals surface area contributed by atoms with Crippen LogP contribution in [-0.4, -0.2) is 15.3 Å². The van der Waals surface area contributed by atoms with Crippen LogP contribution in [0.5, 0.6) is 0 Å². The number of hydrogen-bond donors (Lipinski definition) is 2. The van der Waals surface area contributed by atoms with Gasteiger partial charge in [0.1, 0.15) is 4.32 Å². The first kappa shape index (κ1) is 23.0. The first-order chi connectivity index (χ1) is 10.8. The van der Waals surface area contributed by atoms with Crippen LogP contribution in [0.4, 0.5) is 0 Å². The molecule has 0 saturated heterocycles. The number of nitrogens with one attached hydrogen (secondary N) is 1. The van der Waals surface area contributed by atoms with E-state index in [1.54, 1.807) is 0 Å². The van der Waals surface area contributed by atoms with Crippen molar-refractivity contribution in [2.24, 2.45) is 0 Å². The third-order valence-electron chi connectivity index (χ3n) is 4.09. The van der Waals surface area contributed by atoms with Gasteiger partial charge in [-0.15, -0.1) is 12.6 Å². The summed E-state index contributed by atoms with van der Waals surface area (Å²) in [5, 5.41) is 3.09. The lowest BCUT2D eigenvalue weighted by molar-refractivity contribution is 0.532. The van der Waals surface area contributed by atoms with E-state index in [-0.39, 0.29) is 0 Å². The van der Waals surface area contributed by atoms with Gasteiger partial charge in [-0.2, -0.15) is 0 Å². The Labute approximate surface area is 163 Å². The number of hydrogen-bond acceptors (Lipinski definition) is 1. The molecule has 1 N–H and O–H groups in total. The summed E-state index contributed by atoms with van der Waals surface area (Å²) in [6.07, 6.45) is 21.3. The van der Waals surface area contributed by atoms with Crippen LogP contribution in [0.25, 0.3) is 0 Å². The average molecular weight is 458 g/mol. The van der Waals surface area contributed by atoms with Crippen LogP contribution in [0.15, 0.2) is 0 Å². The summed E-state index contributed by atoms with van der Waals surface area (Å²) in [6.45, 7) is 0.987. The molecule has 0 fully saturated rings. The smallest absolute Gasteiger partial charge is 0.130 e. The molecule has 0 heterocycles. The van der Waals surface area contributed by atoms with E-state index in [0.717, 1.165) is 6.54 Å². The van der Waals surface area contributed by atoms with Gasteiger partial charge in [0.15, 0.2) is 0 Å². The van der Waals surface area contributed by atoms with Gasteiger partial charge < -0.3 is 5.32 Å². The molecule has 0 saturated carbocycles. The number of halogens is 1. The maximum atomic E-state index is 4.86. The van der Waals surface area contributed by atoms with Crippen LogP contribution in [0.1, 0.15) is 96.3 Å². The molecular weight excluding hydrogens is 421 g/mol. The highest BCUT2D eigenvalue weighted by molar-refractivity contribution is 14.1. The van der Waals surface area contributed by atoms with E-state index in [9.17, 15) is 0 Å². The molecule has 22 heavy (non-hydrogen) atoms. The first-order valence-corrected chi connectivity index (χ1v) is 11.7. The van der Waals surface area contributed by atoms with E-state index < -0.39 is 0 Å². The van der Waals surface area contributed by atoms with Gasteiger partial charge in [0.2, 0.25) is 0 Å². The van der Waals surface area contributed by atoms with Crippen LogP contribution < -0.4 is 5.32 Å². The molecule has 0 spiro atoms. The standard InChI is InChI=1S/C18H36INS2/c19-16-14-12-10-8-6-4-2-1-3-5-7-9-11-13-15-17-20-18(21)22/h1-17H2,(H2,20,21,22). The van der Waals surface area contributed by atoms with Crippen LogP contribution >= 0.6 is 47.4 Å². The van der Waals surface area contributed by atoms with Crippen molar-refractivity contribution in [1.82, 2.24) is 5.32 Å². The lowest BCUT2D eigenvalue weighted by atomic mass is 10.0. The highest BCUT2D eigenvalue weighted by atomic mass is 127. The zero-order valence-corrected chi connectivity index (χ0v) is 18.1. The van der Waals surface area contributed by atoms with Crippen molar-refractivity contribution in [3.05, 3.63) is 0 Å². The van der Waals surface area contributed by atoms with Crippen molar-refractivity contribution in [3.8, 4) is 0 Å². The summed E-state index contributed by atoms with van der Waals surface area (Å²) in [6, 6.07) is 0. The molecule has 4 heteroatoms. The molecule has 0 bridgehead atoms. The summed E-state index contributed by atoms with van der Waals surface area (Å²) in [5.41, 5.74) is 0. The van der Waals surface area contributed by atoms with E-state index in [4.69, 9.17) is 12.2 Å². The molecule has 0 aliphatic heterocycles. The lowest BCUT2D eigenvalue weighted by Gasteiger charge is -2.04. The second-order valence-electron chi connectivity index (χ2n) is 6.22. The van der Waals surface area contributed by atoms with E-state index in [1.807, 2.05) is 0 Å². The van der Waals surface area contributed by atoms with E-state index in [1.165, 1.54) is 101 Å². The van der Waals surface area contributed by atoms with Crippen molar-refractivity contribution in [2.75, 3.05) is 11.0 Å². The minimum absolute atomic E-state index is 0.626. The highest BCUT2D eigenvalue weighted by Crippen LogP contribution is 2.13. The molecule has 0 aliphatic rings. The second-order valence-corrected chi connectivity index (χ2v) is 8.46. The third-order valence-corrected chi connectivity index (χ3v) is 5.15. The number of thiol groups is 1. The molecule has 0 atom stereocenters. The average Bonchev–Trinajstić information content (AvgIpc) is 2.50. The fourth-order valence-electron chi connectivity index (χ4n) is 2.71. The zero-order chi connectivity index (χ0) is 16.3. The maximum Gasteiger partial charge on any atom is 0.130 e. The summed E-state index contributed by atoms with van der Waals surface area (Å²) < 4.78 is 1.96. The van der Waals surface area contributed by atoms with Crippen molar-refractivity contribution < 1.29 is 0 Å². The van der Waals surface area contributed by atoms with Crippen LogP contribution in [0.2, 0.25) is 0 Å². The van der Waals surface area contributed by atoms with E-state index >= 15 is 0 Å². The Kier molecular flexibility index (Phi) is 20.9. The van der Waals surface area contributed by atoms with Crippen molar-refractivity contribution in [1.29, 1.82) is 0 Å². The number of alkyl halides is 1. The Balaban J connectivity index is 2.95. The summed E-state index contributed by atoms with van der Waals surface area (Å²) >= 11 is 11.4. The molecule has 132 valence electrons. The predicted molar refractivity (Wildman–Crippen MR) is 118 cm³/mol. The second kappa shape index (κ2) is 20.0. The van der Waals surface area contributed by atoms with Crippen LogP contribution in [-0.2, 0) is 0 Å². The molecule has 0 unspecified atom stereocenters. The normalized spacial score (nSPS) is 10.8. The molecule has 0 aromatic heterocycles. The van der Waals surface area contributed by atoms with Gasteiger partial charge in [0.05, 0.1) is 0 Å². The summed E-state index contributed by atoms with van der Waals surface area (Å²) in [5.74, 6) is 0. The minimum Gasteiger partial charge on any atom is -0.371 e. The van der Waals surface area contributed by atoms with Crippen molar-refractivity contribution >= 4 is 51.8 Å². The van der Waals surface area contributed by atoms with E-state index in [2.05, 4.69) is 40.5 Å². The van der Waals surface area contributed by atoms with Crippen molar-refractivity contribution in [3.63, 3.8) is 0 Å². The fraction of sp³-hybridized carbons (Fsp3) is 0.944. The van der Waals surface area contributed by atoms with Gasteiger partial charge >= 0.3 is 0 Å². The molecule has 0 aliphatic carbocycles. The fourth-order valence-corrected chi connectivity index (χ4v) is 3.47. The minimum atomic E-state index is 0.626. The Morgan fingerprint density at radius 3 is 1.27 bits per heavy atom. The molecular formula is C18H36INS2. The number of rotatable bonds is 17. The van der Waals surface area contributed by atoms with Gasteiger partial charge in [0, 0.05) is 6.54 Å². The Hall–Kier alpha value is 0.970. The summed E-state index contributed by atoms with van der Waals surface area (Å²) in [7, 11) is 0. The molecule has 0 aromatic carbocycles. The number of unbranched alkanes of at least 4 members (excludes halogenated alkanes) is 14. The van der Waals surface area contributed by atoms with Gasteiger partial charge in [-0.05, 0) is 17.3 Å². The molecule has 0 radical (unpaired) electrons. The maximum absolute atomic E-state index is 4.86. The van der Waals surface area contributed by atoms with Gasteiger partial charge in [-0.1, -0.05) is 118 Å². The Morgan fingerprint density at radius 1 is 0.636 bits per heavy atom. The Bertz CT molecular complexity index is 237. The molecule has 1 nitrogen and oxygen atoms in total. The van der Waals surface area contributed by atoms with Crippen LogP contribution in [0, 0.1) is 0 Å². The van der Waals surface area contributed by atoms with Gasteiger partial charge in [0.25, 0.3) is 0 Å². The van der Waals surface area contributed by atoms with E-state index in [0.29, 0.717) is 4.32 Å². The van der Waals surface area contributed by atoms with Crippen LogP contribution in [0.3, 0.4) is 0 Å². The molecule has 0 rings (SSSR count). The first-order valence-electron chi connectivity index (χ1n) is 9.30. The van der Waals surface area contributed by atoms with Gasteiger partial charge in [-0.3, -0.25) is 0 Å². The molecule has 0 amide bonds.